The number of hydrogen-bond donors (Lipinski definition) is 1. The Morgan fingerprint density at radius 1 is 0.852 bits per heavy atom. The van der Waals surface area contributed by atoms with Gasteiger partial charge in [0.15, 0.2) is 5.82 Å². The number of benzene rings is 3. The van der Waals surface area contributed by atoms with E-state index in [0.29, 0.717) is 12.2 Å². The number of anilines is 1. The zero-order valence-electron chi connectivity index (χ0n) is 15.0. The number of aryl methyl sites for hydroxylation is 1. The van der Waals surface area contributed by atoms with E-state index < -0.39 is 0 Å². The molecule has 1 amide bonds. The summed E-state index contributed by atoms with van der Waals surface area (Å²) in [7, 11) is 0. The Morgan fingerprint density at radius 2 is 1.70 bits per heavy atom. The van der Waals surface area contributed by atoms with Crippen molar-refractivity contribution in [1.82, 2.24) is 10.2 Å². The lowest BCUT2D eigenvalue weighted by Gasteiger charge is -2.06. The van der Waals surface area contributed by atoms with Gasteiger partial charge in [0.1, 0.15) is 0 Å². The Balaban J connectivity index is 1.44. The summed E-state index contributed by atoms with van der Waals surface area (Å²) in [5, 5.41) is 13.5. The van der Waals surface area contributed by atoms with Gasteiger partial charge in [0.2, 0.25) is 5.91 Å². The van der Waals surface area contributed by atoms with Gasteiger partial charge in [-0.1, -0.05) is 66.2 Å². The standard InChI is InChI=1S/C23H19N3O/c1-16-5-4-8-20(13-16)21-11-12-22(26-25-21)24-23(27)15-17-9-10-18-6-2-3-7-19(18)14-17/h2-14H,15H2,1H3,(H,24,26,27). The van der Waals surface area contributed by atoms with Crippen molar-refractivity contribution in [1.29, 1.82) is 0 Å². The van der Waals surface area contributed by atoms with Crippen molar-refractivity contribution in [2.45, 2.75) is 13.3 Å². The van der Waals surface area contributed by atoms with E-state index >= 15 is 0 Å². The molecule has 0 spiro atoms. The molecule has 0 bridgehead atoms. The highest BCUT2D eigenvalue weighted by molar-refractivity contribution is 5.92. The molecule has 1 heterocycles. The van der Waals surface area contributed by atoms with Crippen LogP contribution in [0, 0.1) is 6.92 Å². The van der Waals surface area contributed by atoms with Crippen LogP contribution in [0.5, 0.6) is 0 Å². The zero-order valence-corrected chi connectivity index (χ0v) is 15.0. The first-order valence-corrected chi connectivity index (χ1v) is 8.86. The van der Waals surface area contributed by atoms with Crippen LogP contribution in [0.15, 0.2) is 78.9 Å². The molecule has 4 rings (SSSR count). The maximum Gasteiger partial charge on any atom is 0.229 e. The van der Waals surface area contributed by atoms with Crippen LogP contribution in [0.1, 0.15) is 11.1 Å². The predicted octanol–water partition coefficient (Wildman–Crippen LogP) is 4.79. The molecule has 0 aliphatic rings. The largest absolute Gasteiger partial charge is 0.309 e. The Labute approximate surface area is 157 Å². The van der Waals surface area contributed by atoms with Crippen LogP contribution >= 0.6 is 0 Å². The highest BCUT2D eigenvalue weighted by Crippen LogP contribution is 2.19. The monoisotopic (exact) mass is 353 g/mol. The summed E-state index contributed by atoms with van der Waals surface area (Å²) >= 11 is 0. The number of rotatable bonds is 4. The van der Waals surface area contributed by atoms with E-state index in [1.54, 1.807) is 6.07 Å². The number of nitrogens with one attached hydrogen (secondary N) is 1. The van der Waals surface area contributed by atoms with E-state index in [4.69, 9.17) is 0 Å². The molecule has 0 atom stereocenters. The maximum atomic E-state index is 12.3. The summed E-state index contributed by atoms with van der Waals surface area (Å²) in [4.78, 5) is 12.3. The molecule has 0 fully saturated rings. The molecular weight excluding hydrogens is 334 g/mol. The van der Waals surface area contributed by atoms with Crippen LogP contribution in [0.3, 0.4) is 0 Å². The van der Waals surface area contributed by atoms with E-state index in [2.05, 4.69) is 27.6 Å². The summed E-state index contributed by atoms with van der Waals surface area (Å²) < 4.78 is 0. The van der Waals surface area contributed by atoms with Gasteiger partial charge < -0.3 is 5.32 Å². The molecule has 3 aromatic carbocycles. The first-order chi connectivity index (χ1) is 13.2. The number of carbonyl (C=O) groups is 1. The number of nitrogens with zero attached hydrogens (tertiary/aromatic N) is 2. The van der Waals surface area contributed by atoms with E-state index in [9.17, 15) is 4.79 Å². The van der Waals surface area contributed by atoms with Crippen molar-refractivity contribution in [3.63, 3.8) is 0 Å². The third-order valence-electron chi connectivity index (χ3n) is 4.42. The molecule has 4 heteroatoms. The summed E-state index contributed by atoms with van der Waals surface area (Å²) in [5.41, 5.74) is 3.93. The molecule has 4 aromatic rings. The molecule has 0 saturated carbocycles. The van der Waals surface area contributed by atoms with Gasteiger partial charge in [0.05, 0.1) is 12.1 Å². The molecule has 0 saturated heterocycles. The van der Waals surface area contributed by atoms with Gasteiger partial charge in [0.25, 0.3) is 0 Å². The highest BCUT2D eigenvalue weighted by atomic mass is 16.1. The Hall–Kier alpha value is -3.53. The molecule has 0 aliphatic heterocycles. The molecule has 1 N–H and O–H groups in total. The molecule has 4 nitrogen and oxygen atoms in total. The van der Waals surface area contributed by atoms with E-state index in [1.807, 2.05) is 67.6 Å². The molecule has 1 aromatic heterocycles. The van der Waals surface area contributed by atoms with Crippen molar-refractivity contribution < 1.29 is 4.79 Å². The van der Waals surface area contributed by atoms with Crippen molar-refractivity contribution in [2.75, 3.05) is 5.32 Å². The van der Waals surface area contributed by atoms with E-state index in [1.165, 1.54) is 10.9 Å². The minimum Gasteiger partial charge on any atom is -0.309 e. The second-order valence-corrected chi connectivity index (χ2v) is 6.58. The lowest BCUT2D eigenvalue weighted by Crippen LogP contribution is -2.15. The average Bonchev–Trinajstić information content (AvgIpc) is 2.68. The number of aromatic nitrogens is 2. The van der Waals surface area contributed by atoms with Crippen LogP contribution in [-0.2, 0) is 11.2 Å². The molecule has 0 aliphatic carbocycles. The van der Waals surface area contributed by atoms with Gasteiger partial charge >= 0.3 is 0 Å². The maximum absolute atomic E-state index is 12.3. The lowest BCUT2D eigenvalue weighted by atomic mass is 10.0. The second kappa shape index (κ2) is 7.38. The molecule has 0 unspecified atom stereocenters. The van der Waals surface area contributed by atoms with Gasteiger partial charge in [-0.2, -0.15) is 0 Å². The number of fused-ring (bicyclic) bond motifs is 1. The van der Waals surface area contributed by atoms with E-state index in [0.717, 1.165) is 22.2 Å². The average molecular weight is 353 g/mol. The van der Waals surface area contributed by atoms with Crippen molar-refractivity contribution in [2.24, 2.45) is 0 Å². The topological polar surface area (TPSA) is 54.9 Å². The quantitative estimate of drug-likeness (QED) is 0.574. The molecule has 0 radical (unpaired) electrons. The Bertz CT molecular complexity index is 1100. The van der Waals surface area contributed by atoms with Crippen LogP contribution in [0.4, 0.5) is 5.82 Å². The number of carbonyl (C=O) groups excluding carboxylic acids is 1. The van der Waals surface area contributed by atoms with Gasteiger partial charge in [0, 0.05) is 5.56 Å². The Morgan fingerprint density at radius 3 is 2.48 bits per heavy atom. The van der Waals surface area contributed by atoms with Gasteiger partial charge in [-0.05, 0) is 41.5 Å². The van der Waals surface area contributed by atoms with Crippen LogP contribution in [0.25, 0.3) is 22.0 Å². The SMILES string of the molecule is Cc1cccc(-c2ccc(NC(=O)Cc3ccc4ccccc4c3)nn2)c1. The second-order valence-electron chi connectivity index (χ2n) is 6.58. The van der Waals surface area contributed by atoms with Crippen molar-refractivity contribution in [3.05, 3.63) is 90.0 Å². The highest BCUT2D eigenvalue weighted by Gasteiger charge is 2.07. The van der Waals surface area contributed by atoms with Gasteiger partial charge in [-0.25, -0.2) is 0 Å². The fourth-order valence-corrected chi connectivity index (χ4v) is 3.08. The first-order valence-electron chi connectivity index (χ1n) is 8.86. The summed E-state index contributed by atoms with van der Waals surface area (Å²) in [6, 6.07) is 25.9. The van der Waals surface area contributed by atoms with Crippen LogP contribution in [0.2, 0.25) is 0 Å². The van der Waals surface area contributed by atoms with Crippen molar-refractivity contribution >= 4 is 22.5 Å². The third kappa shape index (κ3) is 4.01. The van der Waals surface area contributed by atoms with Gasteiger partial charge in [-0.3, -0.25) is 4.79 Å². The summed E-state index contributed by atoms with van der Waals surface area (Å²) in [5.74, 6) is 0.347. The fourth-order valence-electron chi connectivity index (χ4n) is 3.08. The number of amides is 1. The van der Waals surface area contributed by atoms with Crippen molar-refractivity contribution in [3.8, 4) is 11.3 Å². The first kappa shape index (κ1) is 16.9. The Kier molecular flexibility index (Phi) is 4.62. The summed E-state index contributed by atoms with van der Waals surface area (Å²) in [6.45, 7) is 2.04. The van der Waals surface area contributed by atoms with Crippen LogP contribution < -0.4 is 5.32 Å². The molecular formula is C23H19N3O. The third-order valence-corrected chi connectivity index (χ3v) is 4.42. The van der Waals surface area contributed by atoms with E-state index in [-0.39, 0.29) is 5.91 Å². The van der Waals surface area contributed by atoms with Gasteiger partial charge in [-0.15, -0.1) is 10.2 Å². The minimum absolute atomic E-state index is 0.108. The lowest BCUT2D eigenvalue weighted by molar-refractivity contribution is -0.115. The number of hydrogen-bond acceptors (Lipinski definition) is 3. The normalized spacial score (nSPS) is 10.7. The molecule has 132 valence electrons. The predicted molar refractivity (Wildman–Crippen MR) is 108 cm³/mol. The smallest absolute Gasteiger partial charge is 0.229 e. The van der Waals surface area contributed by atoms with Crippen LogP contribution in [-0.4, -0.2) is 16.1 Å². The summed E-state index contributed by atoms with van der Waals surface area (Å²) in [6.07, 6.45) is 0.298. The zero-order chi connectivity index (χ0) is 18.6. The fraction of sp³-hybridized carbons (Fsp3) is 0.0870. The minimum atomic E-state index is -0.108. The molecule has 27 heavy (non-hydrogen) atoms.